The summed E-state index contributed by atoms with van der Waals surface area (Å²) in [6, 6.07) is 7.38. The SMILES string of the molecule is COc1ccc(/C=C(\C#N)C(=O)NC2CC2)cc1OC. The molecule has 1 saturated carbocycles. The Morgan fingerprint density at radius 3 is 2.60 bits per heavy atom. The lowest BCUT2D eigenvalue weighted by Gasteiger charge is -2.08. The van der Waals surface area contributed by atoms with Gasteiger partial charge in [0.25, 0.3) is 5.91 Å². The van der Waals surface area contributed by atoms with Crippen LogP contribution in [0, 0.1) is 11.3 Å². The summed E-state index contributed by atoms with van der Waals surface area (Å²) in [5.41, 5.74) is 0.800. The lowest BCUT2D eigenvalue weighted by atomic mass is 10.1. The van der Waals surface area contributed by atoms with Crippen molar-refractivity contribution in [1.29, 1.82) is 5.26 Å². The van der Waals surface area contributed by atoms with Crippen molar-refractivity contribution in [2.45, 2.75) is 18.9 Å². The van der Waals surface area contributed by atoms with Crippen molar-refractivity contribution >= 4 is 12.0 Å². The molecular weight excluding hydrogens is 256 g/mol. The van der Waals surface area contributed by atoms with Gasteiger partial charge in [-0.25, -0.2) is 0 Å². The van der Waals surface area contributed by atoms with E-state index in [-0.39, 0.29) is 17.5 Å². The van der Waals surface area contributed by atoms with E-state index in [0.717, 1.165) is 12.8 Å². The van der Waals surface area contributed by atoms with Crippen LogP contribution in [-0.2, 0) is 4.79 Å². The van der Waals surface area contributed by atoms with Crippen LogP contribution in [0.1, 0.15) is 18.4 Å². The predicted molar refractivity (Wildman–Crippen MR) is 74.3 cm³/mol. The van der Waals surface area contributed by atoms with Gasteiger partial charge >= 0.3 is 0 Å². The first-order valence-electron chi connectivity index (χ1n) is 6.32. The van der Waals surface area contributed by atoms with Gasteiger partial charge in [-0.2, -0.15) is 5.26 Å². The highest BCUT2D eigenvalue weighted by Gasteiger charge is 2.24. The third-order valence-electron chi connectivity index (χ3n) is 3.00. The molecular formula is C15H16N2O3. The van der Waals surface area contributed by atoms with E-state index < -0.39 is 0 Å². The molecule has 0 atom stereocenters. The Balaban J connectivity index is 2.22. The molecule has 1 fully saturated rings. The highest BCUT2D eigenvalue weighted by atomic mass is 16.5. The maximum atomic E-state index is 11.8. The first kappa shape index (κ1) is 13.9. The molecule has 2 rings (SSSR count). The van der Waals surface area contributed by atoms with Crippen molar-refractivity contribution < 1.29 is 14.3 Å². The molecule has 1 aliphatic carbocycles. The minimum Gasteiger partial charge on any atom is -0.493 e. The van der Waals surface area contributed by atoms with Gasteiger partial charge in [0.2, 0.25) is 0 Å². The number of nitrogens with zero attached hydrogens (tertiary/aromatic N) is 1. The maximum absolute atomic E-state index is 11.8. The van der Waals surface area contributed by atoms with Crippen LogP contribution in [0.3, 0.4) is 0 Å². The van der Waals surface area contributed by atoms with E-state index in [1.54, 1.807) is 31.4 Å². The van der Waals surface area contributed by atoms with Crippen LogP contribution in [-0.4, -0.2) is 26.2 Å². The number of nitrogens with one attached hydrogen (secondary N) is 1. The van der Waals surface area contributed by atoms with Crippen LogP contribution in [0.4, 0.5) is 0 Å². The summed E-state index contributed by atoms with van der Waals surface area (Å²) in [5.74, 6) is 0.830. The predicted octanol–water partition coefficient (Wildman–Crippen LogP) is 1.89. The van der Waals surface area contributed by atoms with Gasteiger partial charge in [0.05, 0.1) is 14.2 Å². The average molecular weight is 272 g/mol. The number of rotatable bonds is 5. The Labute approximate surface area is 117 Å². The number of hydrogen-bond acceptors (Lipinski definition) is 4. The molecule has 0 aliphatic heterocycles. The second-order valence-electron chi connectivity index (χ2n) is 4.53. The molecule has 0 bridgehead atoms. The minimum absolute atomic E-state index is 0.0871. The van der Waals surface area contributed by atoms with E-state index >= 15 is 0 Å². The first-order valence-corrected chi connectivity index (χ1v) is 6.32. The molecule has 0 aromatic heterocycles. The van der Waals surface area contributed by atoms with Crippen LogP contribution in [0.15, 0.2) is 23.8 Å². The Morgan fingerprint density at radius 2 is 2.05 bits per heavy atom. The largest absolute Gasteiger partial charge is 0.493 e. The van der Waals surface area contributed by atoms with E-state index in [1.165, 1.54) is 7.11 Å². The third-order valence-corrected chi connectivity index (χ3v) is 3.00. The molecule has 20 heavy (non-hydrogen) atoms. The zero-order valence-electron chi connectivity index (χ0n) is 11.5. The average Bonchev–Trinajstić information content (AvgIpc) is 3.28. The molecule has 1 N–H and O–H groups in total. The Kier molecular flexibility index (Phi) is 4.26. The number of carbonyl (C=O) groups is 1. The lowest BCUT2D eigenvalue weighted by molar-refractivity contribution is -0.117. The van der Waals surface area contributed by atoms with Crippen LogP contribution in [0.2, 0.25) is 0 Å². The second-order valence-corrected chi connectivity index (χ2v) is 4.53. The number of benzene rings is 1. The summed E-state index contributed by atoms with van der Waals surface area (Å²) in [5, 5.41) is 11.9. The zero-order valence-corrected chi connectivity index (χ0v) is 11.5. The summed E-state index contributed by atoms with van der Waals surface area (Å²) in [6.45, 7) is 0. The smallest absolute Gasteiger partial charge is 0.262 e. The van der Waals surface area contributed by atoms with E-state index in [2.05, 4.69) is 5.32 Å². The standard InChI is InChI=1S/C15H16N2O3/c1-19-13-6-3-10(8-14(13)20-2)7-11(9-16)15(18)17-12-4-5-12/h3,6-8,12H,4-5H2,1-2H3,(H,17,18)/b11-7+. The molecule has 1 aromatic rings. The van der Waals surface area contributed by atoms with Gasteiger partial charge in [0.1, 0.15) is 11.6 Å². The van der Waals surface area contributed by atoms with Crippen molar-refractivity contribution in [2.75, 3.05) is 14.2 Å². The minimum atomic E-state index is -0.329. The monoisotopic (exact) mass is 272 g/mol. The zero-order chi connectivity index (χ0) is 14.5. The van der Waals surface area contributed by atoms with Gasteiger partial charge in [-0.1, -0.05) is 6.07 Å². The molecule has 0 heterocycles. The lowest BCUT2D eigenvalue weighted by Crippen LogP contribution is -2.26. The Morgan fingerprint density at radius 1 is 1.35 bits per heavy atom. The third kappa shape index (κ3) is 3.29. The molecule has 0 unspecified atom stereocenters. The van der Waals surface area contributed by atoms with Gasteiger partial charge in [-0.3, -0.25) is 4.79 Å². The topological polar surface area (TPSA) is 71.3 Å². The Hall–Kier alpha value is -2.48. The summed E-state index contributed by atoms with van der Waals surface area (Å²) in [6.07, 6.45) is 3.52. The van der Waals surface area contributed by atoms with Crippen molar-refractivity contribution in [3.05, 3.63) is 29.3 Å². The number of methoxy groups -OCH3 is 2. The molecule has 1 aliphatic rings. The first-order chi connectivity index (χ1) is 9.67. The van der Waals surface area contributed by atoms with Gasteiger partial charge in [0, 0.05) is 6.04 Å². The Bertz CT molecular complexity index is 583. The fourth-order valence-electron chi connectivity index (χ4n) is 1.75. The second kappa shape index (κ2) is 6.11. The quantitative estimate of drug-likeness (QED) is 0.656. The van der Waals surface area contributed by atoms with E-state index in [0.29, 0.717) is 17.1 Å². The van der Waals surface area contributed by atoms with Gasteiger partial charge in [-0.05, 0) is 36.6 Å². The van der Waals surface area contributed by atoms with E-state index in [4.69, 9.17) is 14.7 Å². The molecule has 1 aromatic carbocycles. The van der Waals surface area contributed by atoms with Gasteiger partial charge < -0.3 is 14.8 Å². The normalized spacial score (nSPS) is 14.3. The number of amides is 1. The highest BCUT2D eigenvalue weighted by molar-refractivity contribution is 6.02. The van der Waals surface area contributed by atoms with Crippen LogP contribution >= 0.6 is 0 Å². The molecule has 0 saturated heterocycles. The molecule has 0 spiro atoms. The van der Waals surface area contributed by atoms with Crippen molar-refractivity contribution in [2.24, 2.45) is 0 Å². The summed E-state index contributed by atoms with van der Waals surface area (Å²) in [4.78, 5) is 11.8. The van der Waals surface area contributed by atoms with Crippen LogP contribution in [0.25, 0.3) is 6.08 Å². The molecule has 5 heteroatoms. The molecule has 104 valence electrons. The van der Waals surface area contributed by atoms with Crippen molar-refractivity contribution in [1.82, 2.24) is 5.32 Å². The van der Waals surface area contributed by atoms with E-state index in [9.17, 15) is 4.79 Å². The molecule has 5 nitrogen and oxygen atoms in total. The fourth-order valence-corrected chi connectivity index (χ4v) is 1.75. The molecule has 0 radical (unpaired) electrons. The van der Waals surface area contributed by atoms with Crippen LogP contribution < -0.4 is 14.8 Å². The fraction of sp³-hybridized carbons (Fsp3) is 0.333. The van der Waals surface area contributed by atoms with Gasteiger partial charge in [-0.15, -0.1) is 0 Å². The van der Waals surface area contributed by atoms with E-state index in [1.807, 2.05) is 6.07 Å². The molecule has 1 amide bonds. The summed E-state index contributed by atoms with van der Waals surface area (Å²) >= 11 is 0. The number of nitriles is 1. The van der Waals surface area contributed by atoms with Crippen LogP contribution in [0.5, 0.6) is 11.5 Å². The number of hydrogen-bond donors (Lipinski definition) is 1. The number of carbonyl (C=O) groups excluding carboxylic acids is 1. The summed E-state index contributed by atoms with van der Waals surface area (Å²) in [7, 11) is 3.09. The number of ether oxygens (including phenoxy) is 2. The van der Waals surface area contributed by atoms with Crippen molar-refractivity contribution in [3.8, 4) is 17.6 Å². The van der Waals surface area contributed by atoms with Crippen molar-refractivity contribution in [3.63, 3.8) is 0 Å². The highest BCUT2D eigenvalue weighted by Crippen LogP contribution is 2.28. The maximum Gasteiger partial charge on any atom is 0.262 e. The summed E-state index contributed by atoms with van der Waals surface area (Å²) < 4.78 is 10.3. The van der Waals surface area contributed by atoms with Gasteiger partial charge in [0.15, 0.2) is 11.5 Å².